The molecule has 1 N–H and O–H groups in total. The van der Waals surface area contributed by atoms with Crippen LogP contribution in [0.15, 0.2) is 42.5 Å². The number of nitro benzene ring substituents is 1. The predicted molar refractivity (Wildman–Crippen MR) is 74.7 cm³/mol. The van der Waals surface area contributed by atoms with Gasteiger partial charge in [-0.1, -0.05) is 24.3 Å². The predicted octanol–water partition coefficient (Wildman–Crippen LogP) is 3.72. The van der Waals surface area contributed by atoms with Gasteiger partial charge in [-0.25, -0.2) is 8.78 Å². The third-order valence-corrected chi connectivity index (χ3v) is 3.22. The Bertz CT molecular complexity index is 642. The molecule has 0 saturated carbocycles. The highest BCUT2D eigenvalue weighted by Crippen LogP contribution is 2.22. The third kappa shape index (κ3) is 3.41. The first-order valence-corrected chi connectivity index (χ1v) is 6.40. The Morgan fingerprint density at radius 1 is 1.14 bits per heavy atom. The van der Waals surface area contributed by atoms with Gasteiger partial charge in [0.2, 0.25) is 0 Å². The molecule has 0 saturated heterocycles. The molecule has 2 aromatic carbocycles. The fourth-order valence-corrected chi connectivity index (χ4v) is 2.13. The van der Waals surface area contributed by atoms with Crippen molar-refractivity contribution in [1.82, 2.24) is 5.32 Å². The molecule has 0 amide bonds. The molecule has 0 aromatic heterocycles. The highest BCUT2D eigenvalue weighted by Gasteiger charge is 2.17. The van der Waals surface area contributed by atoms with Crippen molar-refractivity contribution in [2.45, 2.75) is 19.5 Å². The van der Waals surface area contributed by atoms with Crippen LogP contribution >= 0.6 is 0 Å². The fourth-order valence-electron chi connectivity index (χ4n) is 2.13. The van der Waals surface area contributed by atoms with Gasteiger partial charge in [0.25, 0.3) is 5.69 Å². The Hall–Kier alpha value is -2.34. The van der Waals surface area contributed by atoms with E-state index in [0.717, 1.165) is 0 Å². The average Bonchev–Trinajstić information content (AvgIpc) is 2.45. The quantitative estimate of drug-likeness (QED) is 0.675. The summed E-state index contributed by atoms with van der Waals surface area (Å²) in [6.45, 7) is 1.75. The lowest BCUT2D eigenvalue weighted by molar-refractivity contribution is -0.385. The van der Waals surface area contributed by atoms with Crippen LogP contribution in [0.1, 0.15) is 24.1 Å². The van der Waals surface area contributed by atoms with Gasteiger partial charge in [-0.15, -0.1) is 0 Å². The Morgan fingerprint density at radius 2 is 1.76 bits per heavy atom. The van der Waals surface area contributed by atoms with Gasteiger partial charge in [0, 0.05) is 29.8 Å². The SMILES string of the molecule is CC(NCc1ccccc1[N+](=O)[O-])c1c(F)cccc1F. The number of para-hydroxylation sites is 1. The lowest BCUT2D eigenvalue weighted by Gasteiger charge is -2.15. The van der Waals surface area contributed by atoms with Crippen LogP contribution in [0.2, 0.25) is 0 Å². The number of nitrogens with one attached hydrogen (secondary N) is 1. The lowest BCUT2D eigenvalue weighted by atomic mass is 10.1. The van der Waals surface area contributed by atoms with Crippen LogP contribution in [-0.2, 0) is 6.54 Å². The number of nitrogens with zero attached hydrogens (tertiary/aromatic N) is 1. The zero-order chi connectivity index (χ0) is 15.4. The smallest absolute Gasteiger partial charge is 0.273 e. The Balaban J connectivity index is 2.15. The maximum atomic E-state index is 13.6. The summed E-state index contributed by atoms with van der Waals surface area (Å²) in [5.74, 6) is -1.28. The first-order valence-electron chi connectivity index (χ1n) is 6.40. The van der Waals surface area contributed by atoms with E-state index in [-0.39, 0.29) is 17.8 Å². The molecule has 0 radical (unpaired) electrons. The highest BCUT2D eigenvalue weighted by molar-refractivity contribution is 5.39. The number of hydrogen-bond acceptors (Lipinski definition) is 3. The van der Waals surface area contributed by atoms with E-state index >= 15 is 0 Å². The second-order valence-corrected chi connectivity index (χ2v) is 4.62. The zero-order valence-electron chi connectivity index (χ0n) is 11.3. The Kier molecular flexibility index (Phi) is 4.59. The highest BCUT2D eigenvalue weighted by atomic mass is 19.1. The number of nitro groups is 1. The molecule has 0 heterocycles. The van der Waals surface area contributed by atoms with E-state index in [0.29, 0.717) is 5.56 Å². The van der Waals surface area contributed by atoms with Gasteiger partial charge < -0.3 is 5.32 Å². The van der Waals surface area contributed by atoms with Gasteiger partial charge in [0.05, 0.1) is 4.92 Å². The average molecular weight is 292 g/mol. The molecule has 2 aromatic rings. The summed E-state index contributed by atoms with van der Waals surface area (Å²) >= 11 is 0. The maximum absolute atomic E-state index is 13.6. The van der Waals surface area contributed by atoms with E-state index in [2.05, 4.69) is 5.32 Å². The summed E-state index contributed by atoms with van der Waals surface area (Å²) < 4.78 is 27.3. The minimum Gasteiger partial charge on any atom is -0.306 e. The first kappa shape index (κ1) is 15.1. The van der Waals surface area contributed by atoms with Gasteiger partial charge in [-0.05, 0) is 19.1 Å². The molecule has 0 bridgehead atoms. The molecule has 110 valence electrons. The van der Waals surface area contributed by atoms with E-state index in [1.165, 1.54) is 24.3 Å². The summed E-state index contributed by atoms with van der Waals surface area (Å²) in [4.78, 5) is 10.4. The van der Waals surface area contributed by atoms with Gasteiger partial charge in [-0.3, -0.25) is 10.1 Å². The summed E-state index contributed by atoms with van der Waals surface area (Å²) in [7, 11) is 0. The largest absolute Gasteiger partial charge is 0.306 e. The van der Waals surface area contributed by atoms with Crippen LogP contribution in [0.5, 0.6) is 0 Å². The van der Waals surface area contributed by atoms with Crippen LogP contribution in [0, 0.1) is 21.7 Å². The summed E-state index contributed by atoms with van der Waals surface area (Å²) in [5, 5.41) is 13.8. The van der Waals surface area contributed by atoms with Crippen molar-refractivity contribution in [3.8, 4) is 0 Å². The van der Waals surface area contributed by atoms with Gasteiger partial charge in [0.15, 0.2) is 0 Å². The second kappa shape index (κ2) is 6.41. The molecule has 0 aliphatic heterocycles. The van der Waals surface area contributed by atoms with Crippen molar-refractivity contribution < 1.29 is 13.7 Å². The number of benzene rings is 2. The van der Waals surface area contributed by atoms with Crippen molar-refractivity contribution in [2.24, 2.45) is 0 Å². The zero-order valence-corrected chi connectivity index (χ0v) is 11.3. The van der Waals surface area contributed by atoms with Crippen molar-refractivity contribution in [3.63, 3.8) is 0 Å². The molecule has 6 heteroatoms. The maximum Gasteiger partial charge on any atom is 0.273 e. The van der Waals surface area contributed by atoms with Crippen LogP contribution in [0.25, 0.3) is 0 Å². The topological polar surface area (TPSA) is 55.2 Å². The van der Waals surface area contributed by atoms with E-state index < -0.39 is 22.6 Å². The van der Waals surface area contributed by atoms with Crippen molar-refractivity contribution in [3.05, 3.63) is 75.3 Å². The number of rotatable bonds is 5. The normalized spacial score (nSPS) is 12.1. The molecule has 1 atom stereocenters. The van der Waals surface area contributed by atoms with E-state index in [4.69, 9.17) is 0 Å². The first-order chi connectivity index (χ1) is 10.0. The standard InChI is InChI=1S/C15H14F2N2O2/c1-10(15-12(16)6-4-7-13(15)17)18-9-11-5-2-3-8-14(11)19(20)21/h2-8,10,18H,9H2,1H3. The van der Waals surface area contributed by atoms with Crippen molar-refractivity contribution in [2.75, 3.05) is 0 Å². The van der Waals surface area contributed by atoms with Crippen molar-refractivity contribution in [1.29, 1.82) is 0 Å². The van der Waals surface area contributed by atoms with Gasteiger partial charge in [0.1, 0.15) is 11.6 Å². The second-order valence-electron chi connectivity index (χ2n) is 4.62. The monoisotopic (exact) mass is 292 g/mol. The summed E-state index contributed by atoms with van der Waals surface area (Å²) in [6, 6.07) is 9.30. The van der Waals surface area contributed by atoms with Crippen LogP contribution in [0.3, 0.4) is 0 Å². The lowest BCUT2D eigenvalue weighted by Crippen LogP contribution is -2.20. The van der Waals surface area contributed by atoms with E-state index in [1.807, 2.05) is 0 Å². The van der Waals surface area contributed by atoms with Crippen LogP contribution < -0.4 is 5.32 Å². The summed E-state index contributed by atoms with van der Waals surface area (Å²) in [5.41, 5.74) is 0.369. The molecular formula is C15H14F2N2O2. The van der Waals surface area contributed by atoms with Gasteiger partial charge in [-0.2, -0.15) is 0 Å². The van der Waals surface area contributed by atoms with Crippen molar-refractivity contribution >= 4 is 5.69 Å². The van der Waals surface area contributed by atoms with Crippen LogP contribution in [-0.4, -0.2) is 4.92 Å². The van der Waals surface area contributed by atoms with Gasteiger partial charge >= 0.3 is 0 Å². The van der Waals surface area contributed by atoms with E-state index in [1.54, 1.807) is 25.1 Å². The molecule has 21 heavy (non-hydrogen) atoms. The Morgan fingerprint density at radius 3 is 2.38 bits per heavy atom. The minimum absolute atomic E-state index is 0.0220. The molecule has 0 spiro atoms. The summed E-state index contributed by atoms with van der Waals surface area (Å²) in [6.07, 6.45) is 0. The van der Waals surface area contributed by atoms with E-state index in [9.17, 15) is 18.9 Å². The molecule has 1 unspecified atom stereocenters. The molecule has 0 aliphatic rings. The minimum atomic E-state index is -0.641. The van der Waals surface area contributed by atoms with Crippen LogP contribution in [0.4, 0.5) is 14.5 Å². The molecular weight excluding hydrogens is 278 g/mol. The number of halogens is 2. The Labute approximate surface area is 120 Å². The third-order valence-electron chi connectivity index (χ3n) is 3.22. The fraction of sp³-hybridized carbons (Fsp3) is 0.200. The molecule has 0 fully saturated rings. The molecule has 4 nitrogen and oxygen atoms in total. The number of hydrogen-bond donors (Lipinski definition) is 1. The molecule has 2 rings (SSSR count). The molecule has 0 aliphatic carbocycles.